The molecule has 10 nitrogen and oxygen atoms in total. The number of hydrogen-bond donors (Lipinski definition) is 5. The van der Waals surface area contributed by atoms with Gasteiger partial charge in [0, 0.05) is 72.7 Å². The van der Waals surface area contributed by atoms with Crippen molar-refractivity contribution in [2.75, 3.05) is 38.7 Å². The SMILES string of the molecule is COc1nc(-c2cccc(-c3cccc(Nc4nccc(CNCC5(O)COC5)c4F)c3Cl)c2Cl)ccc1CNC[C@@H]1CCC(=O)N1. The number of carbonyl (C=O) groups excluding carboxylic acids is 1. The first kappa shape index (κ1) is 33.1. The van der Waals surface area contributed by atoms with Gasteiger partial charge in [-0.05, 0) is 24.6 Å². The lowest BCUT2D eigenvalue weighted by Gasteiger charge is -2.36. The number of nitrogens with one attached hydrogen (secondary N) is 4. The number of carbonyl (C=O) groups is 1. The zero-order valence-corrected chi connectivity index (χ0v) is 27.2. The largest absolute Gasteiger partial charge is 0.481 e. The van der Waals surface area contributed by atoms with Gasteiger partial charge in [-0.3, -0.25) is 4.79 Å². The number of halogens is 3. The minimum absolute atomic E-state index is 0.0211. The summed E-state index contributed by atoms with van der Waals surface area (Å²) in [5.74, 6) is 0.0488. The molecule has 0 bridgehead atoms. The Bertz CT molecular complexity index is 1770. The van der Waals surface area contributed by atoms with Crippen molar-refractivity contribution in [3.63, 3.8) is 0 Å². The predicted octanol–water partition coefficient (Wildman–Crippen LogP) is 5.23. The van der Waals surface area contributed by atoms with E-state index in [1.807, 2.05) is 36.4 Å². The Kier molecular flexibility index (Phi) is 10.2. The molecule has 1 atom stereocenters. The van der Waals surface area contributed by atoms with E-state index in [-0.39, 0.29) is 44.1 Å². The van der Waals surface area contributed by atoms with Crippen LogP contribution in [0.5, 0.6) is 5.88 Å². The Balaban J connectivity index is 1.19. The topological polar surface area (TPSA) is 130 Å². The summed E-state index contributed by atoms with van der Waals surface area (Å²) < 4.78 is 26.1. The van der Waals surface area contributed by atoms with Crippen LogP contribution in [0.3, 0.4) is 0 Å². The van der Waals surface area contributed by atoms with E-state index in [9.17, 15) is 9.90 Å². The van der Waals surface area contributed by atoms with E-state index >= 15 is 4.39 Å². The molecular formula is C34H35Cl2FN6O4. The molecule has 0 spiro atoms. The minimum Gasteiger partial charge on any atom is -0.481 e. The molecule has 13 heteroatoms. The molecular weight excluding hydrogens is 646 g/mol. The highest BCUT2D eigenvalue weighted by atomic mass is 35.5. The molecule has 2 saturated heterocycles. The third-order valence-electron chi connectivity index (χ3n) is 8.22. The fraction of sp³-hybridized carbons (Fsp3) is 0.324. The fourth-order valence-electron chi connectivity index (χ4n) is 5.62. The number of anilines is 2. The van der Waals surface area contributed by atoms with Gasteiger partial charge >= 0.3 is 0 Å². The predicted molar refractivity (Wildman–Crippen MR) is 180 cm³/mol. The van der Waals surface area contributed by atoms with E-state index in [0.717, 1.165) is 12.0 Å². The molecule has 2 fully saturated rings. The van der Waals surface area contributed by atoms with Crippen LogP contribution < -0.4 is 26.0 Å². The van der Waals surface area contributed by atoms with Gasteiger partial charge in [-0.1, -0.05) is 59.6 Å². The monoisotopic (exact) mass is 680 g/mol. The first-order valence-corrected chi connectivity index (χ1v) is 16.0. The zero-order chi connectivity index (χ0) is 33.0. The number of pyridine rings is 2. The van der Waals surface area contributed by atoms with Crippen LogP contribution in [0.15, 0.2) is 60.8 Å². The summed E-state index contributed by atoms with van der Waals surface area (Å²) in [5, 5.41) is 23.4. The van der Waals surface area contributed by atoms with Gasteiger partial charge in [-0.25, -0.2) is 14.4 Å². The third-order valence-corrected chi connectivity index (χ3v) is 9.03. The van der Waals surface area contributed by atoms with E-state index in [1.165, 1.54) is 6.20 Å². The van der Waals surface area contributed by atoms with Crippen molar-refractivity contribution in [3.05, 3.63) is 87.8 Å². The van der Waals surface area contributed by atoms with Crippen LogP contribution in [0, 0.1) is 5.82 Å². The summed E-state index contributed by atoms with van der Waals surface area (Å²) >= 11 is 13.9. The quantitative estimate of drug-likeness (QED) is 0.129. The van der Waals surface area contributed by atoms with Crippen molar-refractivity contribution in [1.82, 2.24) is 25.9 Å². The van der Waals surface area contributed by atoms with Gasteiger partial charge in [-0.15, -0.1) is 0 Å². The normalized spacial score (nSPS) is 16.9. The highest BCUT2D eigenvalue weighted by Gasteiger charge is 2.35. The van der Waals surface area contributed by atoms with Crippen molar-refractivity contribution in [3.8, 4) is 28.3 Å². The maximum Gasteiger partial charge on any atom is 0.220 e. The molecule has 2 aliphatic rings. The number of ether oxygens (including phenoxy) is 2. The summed E-state index contributed by atoms with van der Waals surface area (Å²) in [6.45, 7) is 2.19. The molecule has 246 valence electrons. The van der Waals surface area contributed by atoms with E-state index in [0.29, 0.717) is 69.1 Å². The maximum absolute atomic E-state index is 15.4. The van der Waals surface area contributed by atoms with Gasteiger partial charge in [0.25, 0.3) is 0 Å². The first-order chi connectivity index (χ1) is 22.7. The highest BCUT2D eigenvalue weighted by molar-refractivity contribution is 6.39. The second-order valence-corrected chi connectivity index (χ2v) is 12.5. The number of aromatic nitrogens is 2. The van der Waals surface area contributed by atoms with Crippen LogP contribution in [-0.4, -0.2) is 66.0 Å². The summed E-state index contributed by atoms with van der Waals surface area (Å²) in [6, 6.07) is 16.5. The smallest absolute Gasteiger partial charge is 0.220 e. The highest BCUT2D eigenvalue weighted by Crippen LogP contribution is 2.42. The molecule has 0 radical (unpaired) electrons. The lowest BCUT2D eigenvalue weighted by molar-refractivity contribution is -0.174. The number of amides is 1. The number of rotatable bonds is 13. The number of hydrogen-bond acceptors (Lipinski definition) is 9. The standard InChI is InChI=1S/C34H35Cl2FN6O4/c1-46-33-21(15-38-16-22-9-11-28(44)41-22)8-10-26(43-33)25-6-2-4-23(29(25)35)24-5-3-7-27(30(24)36)42-32-31(37)20(12-13-40-32)14-39-17-34(45)18-47-19-34/h2-8,10,12-13,22,38-39,45H,9,11,14-19H2,1H3,(H,40,42)(H,41,44)/t22-/m0/s1. The van der Waals surface area contributed by atoms with Crippen molar-refractivity contribution in [2.24, 2.45) is 0 Å². The molecule has 4 heterocycles. The van der Waals surface area contributed by atoms with Crippen LogP contribution in [0.25, 0.3) is 22.4 Å². The van der Waals surface area contributed by atoms with Crippen molar-refractivity contribution < 1.29 is 23.8 Å². The molecule has 4 aromatic rings. The molecule has 5 N–H and O–H groups in total. The Morgan fingerprint density at radius 3 is 2.49 bits per heavy atom. The van der Waals surface area contributed by atoms with Crippen LogP contribution >= 0.6 is 23.2 Å². The van der Waals surface area contributed by atoms with Gasteiger partial charge in [-0.2, -0.15) is 0 Å². The summed E-state index contributed by atoms with van der Waals surface area (Å²) in [5.41, 5.74) is 3.43. The second kappa shape index (κ2) is 14.5. The van der Waals surface area contributed by atoms with Crippen molar-refractivity contribution >= 4 is 40.6 Å². The molecule has 6 rings (SSSR count). The molecule has 2 aliphatic heterocycles. The average Bonchev–Trinajstić information content (AvgIpc) is 3.48. The molecule has 1 amide bonds. The molecule has 0 unspecified atom stereocenters. The number of nitrogens with zero attached hydrogens (tertiary/aromatic N) is 2. The first-order valence-electron chi connectivity index (χ1n) is 15.3. The van der Waals surface area contributed by atoms with Gasteiger partial charge < -0.3 is 35.8 Å². The molecule has 47 heavy (non-hydrogen) atoms. The van der Waals surface area contributed by atoms with E-state index in [4.69, 9.17) is 37.7 Å². The van der Waals surface area contributed by atoms with Gasteiger partial charge in [0.05, 0.1) is 41.8 Å². The number of benzene rings is 2. The Morgan fingerprint density at radius 2 is 1.77 bits per heavy atom. The van der Waals surface area contributed by atoms with E-state index < -0.39 is 11.4 Å². The fourth-order valence-corrected chi connectivity index (χ4v) is 6.22. The van der Waals surface area contributed by atoms with Crippen molar-refractivity contribution in [2.45, 2.75) is 37.6 Å². The van der Waals surface area contributed by atoms with E-state index in [2.05, 4.69) is 26.3 Å². The number of aliphatic hydroxyl groups is 1. The molecule has 2 aromatic carbocycles. The van der Waals surface area contributed by atoms with Crippen LogP contribution in [0.2, 0.25) is 10.0 Å². The summed E-state index contributed by atoms with van der Waals surface area (Å²) in [7, 11) is 1.57. The van der Waals surface area contributed by atoms with Crippen LogP contribution in [-0.2, 0) is 22.6 Å². The Labute approximate surface area is 282 Å². The van der Waals surface area contributed by atoms with Crippen LogP contribution in [0.1, 0.15) is 24.0 Å². The molecule has 0 aliphatic carbocycles. The summed E-state index contributed by atoms with van der Waals surface area (Å²) in [4.78, 5) is 20.4. The zero-order valence-electron chi connectivity index (χ0n) is 25.7. The Morgan fingerprint density at radius 1 is 1.02 bits per heavy atom. The van der Waals surface area contributed by atoms with Crippen LogP contribution in [0.4, 0.5) is 15.9 Å². The lowest BCUT2D eigenvalue weighted by atomic mass is 10.00. The summed E-state index contributed by atoms with van der Waals surface area (Å²) in [6.07, 6.45) is 2.89. The Hall–Kier alpha value is -3.84. The maximum atomic E-state index is 15.4. The average molecular weight is 682 g/mol. The second-order valence-electron chi connectivity index (χ2n) is 11.7. The van der Waals surface area contributed by atoms with E-state index in [1.54, 1.807) is 25.3 Å². The van der Waals surface area contributed by atoms with Gasteiger partial charge in [0.1, 0.15) is 5.60 Å². The number of methoxy groups -OCH3 is 1. The third kappa shape index (κ3) is 7.51. The minimum atomic E-state index is -0.920. The van der Waals surface area contributed by atoms with Crippen molar-refractivity contribution in [1.29, 1.82) is 0 Å². The molecule has 0 saturated carbocycles. The molecule has 2 aromatic heterocycles. The lowest BCUT2D eigenvalue weighted by Crippen LogP contribution is -2.56. The van der Waals surface area contributed by atoms with Gasteiger partial charge in [0.2, 0.25) is 11.8 Å². The van der Waals surface area contributed by atoms with Gasteiger partial charge in [0.15, 0.2) is 11.6 Å².